The van der Waals surface area contributed by atoms with E-state index in [0.29, 0.717) is 34.3 Å². The smallest absolute Gasteiger partial charge is 0.387 e. The number of rotatable bonds is 8. The van der Waals surface area contributed by atoms with Crippen LogP contribution in [0.4, 0.5) is 18.9 Å². The largest absolute Gasteiger partial charge is 0.416 e. The van der Waals surface area contributed by atoms with Crippen LogP contribution < -0.4 is 5.32 Å². The molecule has 3 aromatic carbocycles. The third-order valence-electron chi connectivity index (χ3n) is 6.11. The van der Waals surface area contributed by atoms with Crippen LogP contribution in [0.1, 0.15) is 51.4 Å². The first-order valence-corrected chi connectivity index (χ1v) is 11.6. The van der Waals surface area contributed by atoms with Crippen LogP contribution in [-0.4, -0.2) is 24.4 Å². The highest BCUT2D eigenvalue weighted by molar-refractivity contribution is 6.34. The first-order chi connectivity index (χ1) is 16.3. The number of nitrogens with one attached hydrogen (secondary N) is 1. The number of anilines is 1. The number of hydrogen-bond donors (Lipinski definition) is 1. The van der Waals surface area contributed by atoms with Crippen molar-refractivity contribution in [3.05, 3.63) is 99.6 Å². The van der Waals surface area contributed by atoms with Gasteiger partial charge in [0.1, 0.15) is 0 Å². The molecule has 4 rings (SSSR count). The average Bonchev–Trinajstić information content (AvgIpc) is 3.67. The lowest BCUT2D eigenvalue weighted by molar-refractivity contribution is -0.137. The van der Waals surface area contributed by atoms with Gasteiger partial charge in [-0.05, 0) is 60.1 Å². The van der Waals surface area contributed by atoms with E-state index in [4.69, 9.17) is 11.6 Å². The minimum absolute atomic E-state index is 0.249. The van der Waals surface area contributed by atoms with E-state index >= 15 is 0 Å². The van der Waals surface area contributed by atoms with Gasteiger partial charge in [-0.1, -0.05) is 60.1 Å². The van der Waals surface area contributed by atoms with Gasteiger partial charge in [0.05, 0.1) is 16.1 Å². The summed E-state index contributed by atoms with van der Waals surface area (Å²) < 4.78 is 39.4. The Morgan fingerprint density at radius 1 is 1.03 bits per heavy atom. The van der Waals surface area contributed by atoms with Gasteiger partial charge in [-0.3, -0.25) is 4.79 Å². The van der Waals surface area contributed by atoms with Gasteiger partial charge in [-0.15, -0.1) is 0 Å². The molecule has 0 atom stereocenters. The van der Waals surface area contributed by atoms with Crippen molar-refractivity contribution in [3.63, 3.8) is 0 Å². The number of halogens is 4. The Hall–Kier alpha value is -2.99. The summed E-state index contributed by atoms with van der Waals surface area (Å²) >= 11 is 6.39. The first kappa shape index (κ1) is 24.1. The van der Waals surface area contributed by atoms with Crippen molar-refractivity contribution in [3.8, 4) is 0 Å². The minimum atomic E-state index is -4.41. The number of benzene rings is 3. The van der Waals surface area contributed by atoms with Crippen LogP contribution in [0.5, 0.6) is 0 Å². The molecule has 0 aliphatic heterocycles. The molecule has 1 saturated carbocycles. The molecule has 0 saturated heterocycles. The molecule has 3 nitrogen and oxygen atoms in total. The molecule has 1 fully saturated rings. The third kappa shape index (κ3) is 5.73. The lowest BCUT2D eigenvalue weighted by Gasteiger charge is -2.25. The Morgan fingerprint density at radius 2 is 1.74 bits per heavy atom. The van der Waals surface area contributed by atoms with E-state index in [0.717, 1.165) is 17.7 Å². The Labute approximate surface area is 202 Å². The van der Waals surface area contributed by atoms with E-state index in [1.807, 2.05) is 12.1 Å². The maximum atomic E-state index is 13.6. The monoisotopic (exact) mass is 486 g/mol. The lowest BCUT2D eigenvalue weighted by atomic mass is 10.0. The Kier molecular flexibility index (Phi) is 7.17. The lowest BCUT2D eigenvalue weighted by Crippen LogP contribution is -2.33. The minimum Gasteiger partial charge on any atom is -0.387 e. The second-order valence-electron chi connectivity index (χ2n) is 8.60. The van der Waals surface area contributed by atoms with Crippen molar-refractivity contribution in [1.82, 2.24) is 4.90 Å². The van der Waals surface area contributed by atoms with Crippen LogP contribution in [0, 0.1) is 0 Å². The summed E-state index contributed by atoms with van der Waals surface area (Å²) in [5.74, 6) is 0.363. The number of carbonyl (C=O) groups is 1. The van der Waals surface area contributed by atoms with E-state index in [-0.39, 0.29) is 18.9 Å². The van der Waals surface area contributed by atoms with Crippen molar-refractivity contribution in [2.75, 3.05) is 18.9 Å². The molecule has 34 heavy (non-hydrogen) atoms. The quantitative estimate of drug-likeness (QED) is 0.366. The Balaban J connectivity index is 1.59. The van der Waals surface area contributed by atoms with Gasteiger partial charge >= 0.3 is 6.18 Å². The molecule has 3 aromatic rings. The fourth-order valence-corrected chi connectivity index (χ4v) is 4.32. The SMILES string of the molecule is CNc1cccc(Cl)c1C(=O)N(CCc1cccc(C(F)(F)F)c1)Cc1ccc(C2CC2)cc1. The normalized spacial score (nSPS) is 13.6. The maximum Gasteiger partial charge on any atom is 0.416 e. The number of amides is 1. The van der Waals surface area contributed by atoms with Crippen LogP contribution in [0.3, 0.4) is 0 Å². The van der Waals surface area contributed by atoms with Gasteiger partial charge in [-0.2, -0.15) is 13.2 Å². The molecule has 178 valence electrons. The Morgan fingerprint density at radius 3 is 2.38 bits per heavy atom. The zero-order chi connectivity index (χ0) is 24.3. The topological polar surface area (TPSA) is 32.3 Å². The van der Waals surface area contributed by atoms with Gasteiger partial charge in [0, 0.05) is 25.8 Å². The fourth-order valence-electron chi connectivity index (χ4n) is 4.06. The molecule has 7 heteroatoms. The molecule has 0 bridgehead atoms. The second-order valence-corrected chi connectivity index (χ2v) is 9.01. The zero-order valence-corrected chi connectivity index (χ0v) is 19.6. The molecule has 0 unspecified atom stereocenters. The molecule has 1 aliphatic carbocycles. The number of nitrogens with zero attached hydrogens (tertiary/aromatic N) is 1. The highest BCUT2D eigenvalue weighted by Gasteiger charge is 2.30. The summed E-state index contributed by atoms with van der Waals surface area (Å²) in [6.45, 7) is 0.579. The highest BCUT2D eigenvalue weighted by Crippen LogP contribution is 2.40. The molecule has 0 spiro atoms. The fraction of sp³-hybridized carbons (Fsp3) is 0.296. The summed E-state index contributed by atoms with van der Waals surface area (Å²) in [6.07, 6.45) is -1.70. The molecular formula is C27H26ClF3N2O. The van der Waals surface area contributed by atoms with E-state index in [1.165, 1.54) is 24.5 Å². The van der Waals surface area contributed by atoms with E-state index < -0.39 is 11.7 Å². The van der Waals surface area contributed by atoms with Gasteiger partial charge in [0.2, 0.25) is 0 Å². The molecule has 0 radical (unpaired) electrons. The van der Waals surface area contributed by atoms with Crippen molar-refractivity contribution in [2.45, 2.75) is 37.9 Å². The zero-order valence-electron chi connectivity index (χ0n) is 18.8. The summed E-state index contributed by atoms with van der Waals surface area (Å²) in [5, 5.41) is 3.33. The van der Waals surface area contributed by atoms with Crippen LogP contribution in [0.25, 0.3) is 0 Å². The standard InChI is InChI=1S/C27H26ClF3N2O/c1-32-24-7-3-6-23(28)25(24)26(34)33(17-19-8-10-20(11-9-19)21-12-13-21)15-14-18-4-2-5-22(16-18)27(29,30)31/h2-11,16,21,32H,12-15,17H2,1H3. The maximum absolute atomic E-state index is 13.6. The molecule has 1 amide bonds. The van der Waals surface area contributed by atoms with E-state index in [2.05, 4.69) is 17.4 Å². The number of hydrogen-bond acceptors (Lipinski definition) is 2. The predicted molar refractivity (Wildman–Crippen MR) is 129 cm³/mol. The van der Waals surface area contributed by atoms with Crippen LogP contribution in [0.2, 0.25) is 5.02 Å². The summed E-state index contributed by atoms with van der Waals surface area (Å²) in [7, 11) is 1.71. The second kappa shape index (κ2) is 10.1. The van der Waals surface area contributed by atoms with Gasteiger partial charge in [0.25, 0.3) is 5.91 Å². The molecule has 1 N–H and O–H groups in total. The predicted octanol–water partition coefficient (Wildman–Crippen LogP) is 7.16. The van der Waals surface area contributed by atoms with Crippen molar-refractivity contribution in [1.29, 1.82) is 0 Å². The molecular weight excluding hydrogens is 461 g/mol. The van der Waals surface area contributed by atoms with Gasteiger partial charge < -0.3 is 10.2 Å². The first-order valence-electron chi connectivity index (χ1n) is 11.3. The summed E-state index contributed by atoms with van der Waals surface area (Å²) in [5.41, 5.74) is 3.04. The molecule has 0 aromatic heterocycles. The molecule has 0 heterocycles. The van der Waals surface area contributed by atoms with Crippen LogP contribution >= 0.6 is 11.6 Å². The average molecular weight is 487 g/mol. The number of alkyl halides is 3. The van der Waals surface area contributed by atoms with Gasteiger partial charge in [0.15, 0.2) is 0 Å². The third-order valence-corrected chi connectivity index (χ3v) is 6.43. The van der Waals surface area contributed by atoms with Crippen molar-refractivity contribution in [2.24, 2.45) is 0 Å². The van der Waals surface area contributed by atoms with Crippen LogP contribution in [-0.2, 0) is 19.1 Å². The Bertz CT molecular complexity index is 1160. The molecule has 1 aliphatic rings. The van der Waals surface area contributed by atoms with Crippen molar-refractivity contribution >= 4 is 23.2 Å². The summed E-state index contributed by atoms with van der Waals surface area (Å²) in [4.78, 5) is 15.3. The van der Waals surface area contributed by atoms with E-state index in [1.54, 1.807) is 36.2 Å². The van der Waals surface area contributed by atoms with E-state index in [9.17, 15) is 18.0 Å². The van der Waals surface area contributed by atoms with Crippen LogP contribution in [0.15, 0.2) is 66.7 Å². The summed E-state index contributed by atoms with van der Waals surface area (Å²) in [6, 6.07) is 18.7. The number of carbonyl (C=O) groups excluding carboxylic acids is 1. The van der Waals surface area contributed by atoms with Gasteiger partial charge in [-0.25, -0.2) is 0 Å². The highest BCUT2D eigenvalue weighted by atomic mass is 35.5. The van der Waals surface area contributed by atoms with Crippen molar-refractivity contribution < 1.29 is 18.0 Å².